The van der Waals surface area contributed by atoms with E-state index in [9.17, 15) is 0 Å². The van der Waals surface area contributed by atoms with Crippen LogP contribution in [0.4, 0.5) is 0 Å². The Morgan fingerprint density at radius 1 is 0.450 bits per heavy atom. The predicted molar refractivity (Wildman–Crippen MR) is 113 cm³/mol. The van der Waals surface area contributed by atoms with Gasteiger partial charge in [0.05, 0.1) is 10.0 Å². The summed E-state index contributed by atoms with van der Waals surface area (Å²) in [4.78, 5) is 0. The molecule has 0 atom stereocenters. The second kappa shape index (κ2) is 9.65. The van der Waals surface area contributed by atoms with Gasteiger partial charge in [0.25, 0.3) is 0 Å². The van der Waals surface area contributed by atoms with Crippen molar-refractivity contribution < 1.29 is 0 Å². The van der Waals surface area contributed by atoms with Gasteiger partial charge in [0.1, 0.15) is 0 Å². The number of hydrogen-bond acceptors (Lipinski definition) is 0. The van der Waals surface area contributed by atoms with Crippen LogP contribution in [-0.2, 0) is 0 Å². The minimum Gasteiger partial charge on any atom is -0.114 e. The third-order valence-corrected chi connectivity index (χ3v) is 3.61. The Labute approximate surface area is 169 Å². The van der Waals surface area contributed by atoms with E-state index in [1.165, 1.54) is 0 Å². The average molecular weight is 571 g/mol. The van der Waals surface area contributed by atoms with Crippen LogP contribution in [-0.4, -0.2) is 0 Å². The second-order valence-electron chi connectivity index (χ2n) is 3.72. The fourth-order valence-corrected chi connectivity index (χ4v) is 2.68. The number of fused-ring (bicyclic) bond motifs is 2. The largest absolute Gasteiger partial charge is 0.114 e. The van der Waals surface area contributed by atoms with E-state index in [-0.39, 0.29) is 67.9 Å². The van der Waals surface area contributed by atoms with Crippen LogP contribution >= 0.6 is 91.1 Å². The van der Waals surface area contributed by atoms with Crippen molar-refractivity contribution in [2.24, 2.45) is 0 Å². The molecule has 3 rings (SSSR count). The first kappa shape index (κ1) is 23.0. The molecule has 20 heavy (non-hydrogen) atoms. The van der Waals surface area contributed by atoms with Crippen LogP contribution in [0.2, 0.25) is 10.0 Å². The van der Waals surface area contributed by atoms with Crippen LogP contribution in [0.25, 0.3) is 21.5 Å². The minimum absolute atomic E-state index is 0. The van der Waals surface area contributed by atoms with Gasteiger partial charge in [-0.15, -0.1) is 67.9 Å². The van der Waals surface area contributed by atoms with Crippen LogP contribution in [0.5, 0.6) is 0 Å². The van der Waals surface area contributed by atoms with Crippen molar-refractivity contribution in [3.63, 3.8) is 0 Å². The molecule has 0 N–H and O–H groups in total. The SMILES string of the molecule is Br.Br.Br.Br.Clc1c2ccccc2c(Cl)c2ccccc12. The number of benzene rings is 3. The summed E-state index contributed by atoms with van der Waals surface area (Å²) in [5, 5.41) is 5.58. The van der Waals surface area contributed by atoms with Gasteiger partial charge in [0, 0.05) is 21.5 Å². The monoisotopic (exact) mass is 566 g/mol. The molecule has 0 aliphatic heterocycles. The third-order valence-electron chi connectivity index (χ3n) is 2.80. The molecule has 0 aliphatic carbocycles. The lowest BCUT2D eigenvalue weighted by molar-refractivity contribution is 1.76. The summed E-state index contributed by atoms with van der Waals surface area (Å²) in [6.07, 6.45) is 0. The van der Waals surface area contributed by atoms with Crippen molar-refractivity contribution in [1.82, 2.24) is 0 Å². The molecule has 0 nitrogen and oxygen atoms in total. The Kier molecular flexibility index (Phi) is 11.1. The molecule has 0 spiro atoms. The molecule has 0 bridgehead atoms. The van der Waals surface area contributed by atoms with E-state index < -0.39 is 0 Å². The maximum atomic E-state index is 6.39. The molecular formula is C14H12Br4Cl2. The van der Waals surface area contributed by atoms with Crippen molar-refractivity contribution in [3.8, 4) is 0 Å². The zero-order chi connectivity index (χ0) is 11.1. The predicted octanol–water partition coefficient (Wildman–Crippen LogP) is 7.61. The number of rotatable bonds is 0. The first-order valence-corrected chi connectivity index (χ1v) is 5.79. The molecule has 0 radical (unpaired) electrons. The highest BCUT2D eigenvalue weighted by Crippen LogP contribution is 2.38. The van der Waals surface area contributed by atoms with Crippen molar-refractivity contribution >= 4 is 113 Å². The molecule has 0 saturated heterocycles. The Balaban J connectivity index is 0. The van der Waals surface area contributed by atoms with E-state index in [1.54, 1.807) is 0 Å². The Hall–Kier alpha value is 0.680. The van der Waals surface area contributed by atoms with Crippen LogP contribution < -0.4 is 0 Å². The smallest absolute Gasteiger partial charge is 0.0563 e. The van der Waals surface area contributed by atoms with Gasteiger partial charge >= 0.3 is 0 Å². The van der Waals surface area contributed by atoms with Crippen LogP contribution in [0.1, 0.15) is 0 Å². The van der Waals surface area contributed by atoms with Gasteiger partial charge in [-0.3, -0.25) is 0 Å². The lowest BCUT2D eigenvalue weighted by atomic mass is 10.0. The molecule has 0 saturated carbocycles. The summed E-state index contributed by atoms with van der Waals surface area (Å²) < 4.78 is 0. The third kappa shape index (κ3) is 3.90. The zero-order valence-electron chi connectivity index (χ0n) is 10.0. The highest BCUT2D eigenvalue weighted by molar-refractivity contribution is 8.93. The van der Waals surface area contributed by atoms with Crippen LogP contribution in [0.15, 0.2) is 48.5 Å². The lowest BCUT2D eigenvalue weighted by Crippen LogP contribution is -1.81. The topological polar surface area (TPSA) is 0 Å². The Morgan fingerprint density at radius 2 is 0.650 bits per heavy atom. The highest BCUT2D eigenvalue weighted by Gasteiger charge is 2.09. The van der Waals surface area contributed by atoms with Gasteiger partial charge in [-0.05, 0) is 0 Å². The van der Waals surface area contributed by atoms with Crippen LogP contribution in [0, 0.1) is 0 Å². The van der Waals surface area contributed by atoms with E-state index in [2.05, 4.69) is 0 Å². The normalized spacial score (nSPS) is 8.90. The van der Waals surface area contributed by atoms with Gasteiger partial charge in [-0.25, -0.2) is 0 Å². The first-order chi connectivity index (χ1) is 7.79. The summed E-state index contributed by atoms with van der Waals surface area (Å²) in [6.45, 7) is 0. The van der Waals surface area contributed by atoms with Crippen molar-refractivity contribution in [3.05, 3.63) is 58.6 Å². The van der Waals surface area contributed by atoms with E-state index in [0.29, 0.717) is 0 Å². The quantitative estimate of drug-likeness (QED) is 0.244. The van der Waals surface area contributed by atoms with E-state index >= 15 is 0 Å². The Morgan fingerprint density at radius 3 is 0.850 bits per heavy atom. The minimum atomic E-state index is 0. The van der Waals surface area contributed by atoms with E-state index in [1.807, 2.05) is 48.5 Å². The van der Waals surface area contributed by atoms with Crippen molar-refractivity contribution in [2.45, 2.75) is 0 Å². The van der Waals surface area contributed by atoms with Crippen molar-refractivity contribution in [2.75, 3.05) is 0 Å². The number of halogens is 6. The van der Waals surface area contributed by atoms with Gasteiger partial charge < -0.3 is 0 Å². The molecule has 110 valence electrons. The average Bonchev–Trinajstić information content (AvgIpc) is 2.36. The maximum absolute atomic E-state index is 6.39. The zero-order valence-corrected chi connectivity index (χ0v) is 18.4. The molecule has 0 unspecified atom stereocenters. The Bertz CT molecular complexity index is 584. The maximum Gasteiger partial charge on any atom is 0.0563 e. The highest BCUT2D eigenvalue weighted by atomic mass is 79.9. The standard InChI is InChI=1S/C14H8Cl2.4BrH/c15-13-9-5-1-2-6-10(9)14(16)12-8-4-3-7-11(12)13;;;;/h1-8H;4*1H. The summed E-state index contributed by atoms with van der Waals surface area (Å²) in [5.41, 5.74) is 0. The molecule has 0 heterocycles. The summed E-state index contributed by atoms with van der Waals surface area (Å²) >= 11 is 12.8. The summed E-state index contributed by atoms with van der Waals surface area (Å²) in [5.74, 6) is 0. The molecule has 3 aromatic carbocycles. The van der Waals surface area contributed by atoms with Gasteiger partial charge in [0.15, 0.2) is 0 Å². The van der Waals surface area contributed by atoms with Crippen LogP contribution in [0.3, 0.4) is 0 Å². The fourth-order valence-electron chi connectivity index (χ4n) is 2.02. The summed E-state index contributed by atoms with van der Waals surface area (Å²) in [7, 11) is 0. The lowest BCUT2D eigenvalue weighted by Gasteiger charge is -2.08. The van der Waals surface area contributed by atoms with Gasteiger partial charge in [0.2, 0.25) is 0 Å². The summed E-state index contributed by atoms with van der Waals surface area (Å²) in [6, 6.07) is 15.9. The number of hydrogen-bond donors (Lipinski definition) is 0. The molecule has 6 heteroatoms. The van der Waals surface area contributed by atoms with E-state index in [4.69, 9.17) is 23.2 Å². The molecule has 0 aliphatic rings. The molecule has 0 aromatic heterocycles. The van der Waals surface area contributed by atoms with E-state index in [0.717, 1.165) is 31.6 Å². The first-order valence-electron chi connectivity index (χ1n) is 5.03. The van der Waals surface area contributed by atoms with Crippen molar-refractivity contribution in [1.29, 1.82) is 0 Å². The van der Waals surface area contributed by atoms with Gasteiger partial charge in [-0.2, -0.15) is 0 Å². The fraction of sp³-hybridized carbons (Fsp3) is 0. The molecule has 0 fully saturated rings. The second-order valence-corrected chi connectivity index (χ2v) is 4.48. The molecule has 0 amide bonds. The molecule has 3 aromatic rings. The molecular weight excluding hydrogens is 559 g/mol. The van der Waals surface area contributed by atoms with Gasteiger partial charge in [-0.1, -0.05) is 71.7 Å².